The van der Waals surface area contributed by atoms with Gasteiger partial charge in [-0.3, -0.25) is 9.78 Å². The fourth-order valence-electron chi connectivity index (χ4n) is 3.79. The third-order valence-electron chi connectivity index (χ3n) is 5.35. The molecule has 3 heterocycles. The Bertz CT molecular complexity index is 1080. The van der Waals surface area contributed by atoms with Crippen molar-refractivity contribution in [3.8, 4) is 11.3 Å². The first-order valence-corrected chi connectivity index (χ1v) is 10.3. The molecule has 31 heavy (non-hydrogen) atoms. The van der Waals surface area contributed by atoms with Gasteiger partial charge in [-0.25, -0.2) is 13.8 Å². The zero-order valence-corrected chi connectivity index (χ0v) is 16.9. The molecule has 0 spiro atoms. The molecule has 2 aromatic heterocycles. The normalized spacial score (nSPS) is 14.2. The standard InChI is InChI=1S/C23H23F2N5O/c24-15-6-5-7-16(25)21(15)18-9-8-17(26)22(28-18)23(31)29-19-14-27-11-10-20(19)30-12-3-1-2-4-13-30/h5-11,14H,1-4,12-13,26H2,(H,29,31). The Morgan fingerprint density at radius 3 is 2.42 bits per heavy atom. The van der Waals surface area contributed by atoms with E-state index >= 15 is 0 Å². The van der Waals surface area contributed by atoms with Gasteiger partial charge >= 0.3 is 0 Å². The third kappa shape index (κ3) is 4.47. The predicted molar refractivity (Wildman–Crippen MR) is 117 cm³/mol. The maximum absolute atomic E-state index is 14.2. The van der Waals surface area contributed by atoms with Crippen molar-refractivity contribution in [3.63, 3.8) is 0 Å². The molecule has 1 fully saturated rings. The first kappa shape index (κ1) is 20.7. The summed E-state index contributed by atoms with van der Waals surface area (Å²) in [5, 5.41) is 2.82. The Kier molecular flexibility index (Phi) is 6.06. The van der Waals surface area contributed by atoms with Gasteiger partial charge in [-0.15, -0.1) is 0 Å². The molecule has 1 aliphatic heterocycles. The number of pyridine rings is 2. The van der Waals surface area contributed by atoms with E-state index in [4.69, 9.17) is 5.73 Å². The number of nitrogens with zero attached hydrogens (tertiary/aromatic N) is 3. The molecule has 1 saturated heterocycles. The van der Waals surface area contributed by atoms with E-state index in [0.29, 0.717) is 5.69 Å². The number of benzene rings is 1. The van der Waals surface area contributed by atoms with Crippen molar-refractivity contribution in [2.24, 2.45) is 0 Å². The highest BCUT2D eigenvalue weighted by Gasteiger charge is 2.20. The molecule has 0 radical (unpaired) electrons. The second-order valence-corrected chi connectivity index (χ2v) is 7.48. The van der Waals surface area contributed by atoms with E-state index in [0.717, 1.165) is 43.8 Å². The summed E-state index contributed by atoms with van der Waals surface area (Å²) >= 11 is 0. The highest BCUT2D eigenvalue weighted by atomic mass is 19.1. The minimum Gasteiger partial charge on any atom is -0.397 e. The summed E-state index contributed by atoms with van der Waals surface area (Å²) in [6, 6.07) is 8.22. The lowest BCUT2D eigenvalue weighted by molar-refractivity contribution is 0.102. The van der Waals surface area contributed by atoms with Crippen LogP contribution in [-0.4, -0.2) is 29.0 Å². The molecule has 0 bridgehead atoms. The molecule has 0 unspecified atom stereocenters. The highest BCUT2D eigenvalue weighted by molar-refractivity contribution is 6.07. The predicted octanol–water partition coefficient (Wildman–Crippen LogP) is 4.64. The largest absolute Gasteiger partial charge is 0.397 e. The van der Waals surface area contributed by atoms with Crippen molar-refractivity contribution in [2.75, 3.05) is 29.0 Å². The molecule has 8 heteroatoms. The molecule has 0 atom stereocenters. The Hall–Kier alpha value is -3.55. The Labute approximate surface area is 179 Å². The maximum atomic E-state index is 14.2. The summed E-state index contributed by atoms with van der Waals surface area (Å²) in [5.41, 5.74) is 7.07. The van der Waals surface area contributed by atoms with Gasteiger partial charge in [0, 0.05) is 19.3 Å². The Balaban J connectivity index is 1.64. The van der Waals surface area contributed by atoms with Crippen LogP contribution in [0.2, 0.25) is 0 Å². The van der Waals surface area contributed by atoms with Crippen LogP contribution in [0.4, 0.5) is 25.8 Å². The van der Waals surface area contributed by atoms with Gasteiger partial charge in [-0.05, 0) is 43.2 Å². The second kappa shape index (κ2) is 9.07. The van der Waals surface area contributed by atoms with Crippen molar-refractivity contribution in [1.82, 2.24) is 9.97 Å². The topological polar surface area (TPSA) is 84.1 Å². The molecular formula is C23H23F2N5O. The van der Waals surface area contributed by atoms with Crippen molar-refractivity contribution >= 4 is 23.0 Å². The molecule has 6 nitrogen and oxygen atoms in total. The minimum atomic E-state index is -0.765. The van der Waals surface area contributed by atoms with E-state index < -0.39 is 17.5 Å². The van der Waals surface area contributed by atoms with Crippen LogP contribution in [0.1, 0.15) is 36.2 Å². The molecule has 0 saturated carbocycles. The number of halogens is 2. The van der Waals surface area contributed by atoms with Crippen molar-refractivity contribution < 1.29 is 13.6 Å². The average molecular weight is 423 g/mol. The number of carbonyl (C=O) groups excluding carboxylic acids is 1. The van der Waals surface area contributed by atoms with Gasteiger partial charge in [0.2, 0.25) is 0 Å². The van der Waals surface area contributed by atoms with Crippen LogP contribution in [0.25, 0.3) is 11.3 Å². The number of nitrogens with one attached hydrogen (secondary N) is 1. The lowest BCUT2D eigenvalue weighted by Crippen LogP contribution is -2.26. The monoisotopic (exact) mass is 423 g/mol. The van der Waals surface area contributed by atoms with Gasteiger partial charge in [0.15, 0.2) is 5.69 Å². The van der Waals surface area contributed by atoms with Gasteiger partial charge in [0.25, 0.3) is 5.91 Å². The molecule has 3 N–H and O–H groups in total. The van der Waals surface area contributed by atoms with E-state index in [1.54, 1.807) is 12.4 Å². The molecule has 0 aliphatic carbocycles. The zero-order chi connectivity index (χ0) is 21.8. The van der Waals surface area contributed by atoms with Crippen LogP contribution in [-0.2, 0) is 0 Å². The van der Waals surface area contributed by atoms with Gasteiger partial charge in [-0.2, -0.15) is 0 Å². The maximum Gasteiger partial charge on any atom is 0.276 e. The molecular weight excluding hydrogens is 400 g/mol. The number of carbonyl (C=O) groups is 1. The summed E-state index contributed by atoms with van der Waals surface area (Å²) in [5.74, 6) is -2.10. The van der Waals surface area contributed by atoms with Crippen molar-refractivity contribution in [2.45, 2.75) is 25.7 Å². The van der Waals surface area contributed by atoms with Gasteiger partial charge in [0.05, 0.1) is 34.5 Å². The lowest BCUT2D eigenvalue weighted by Gasteiger charge is -2.25. The molecule has 1 aromatic carbocycles. The van der Waals surface area contributed by atoms with Crippen LogP contribution in [0, 0.1) is 11.6 Å². The molecule has 1 amide bonds. The van der Waals surface area contributed by atoms with E-state index in [9.17, 15) is 13.6 Å². The minimum absolute atomic E-state index is 0.00567. The van der Waals surface area contributed by atoms with Crippen LogP contribution in [0.15, 0.2) is 48.8 Å². The number of anilines is 3. The van der Waals surface area contributed by atoms with Gasteiger partial charge < -0.3 is 16.0 Å². The summed E-state index contributed by atoms with van der Waals surface area (Å²) in [7, 11) is 0. The number of hydrogen-bond donors (Lipinski definition) is 2. The molecule has 3 aromatic rings. The van der Waals surface area contributed by atoms with Crippen LogP contribution in [0.3, 0.4) is 0 Å². The SMILES string of the molecule is Nc1ccc(-c2c(F)cccc2F)nc1C(=O)Nc1cnccc1N1CCCCCC1. The number of rotatable bonds is 4. The number of nitrogens with two attached hydrogens (primary N) is 1. The first-order chi connectivity index (χ1) is 15.0. The average Bonchev–Trinajstić information content (AvgIpc) is 3.04. The first-order valence-electron chi connectivity index (χ1n) is 10.3. The fourth-order valence-corrected chi connectivity index (χ4v) is 3.79. The number of nitrogen functional groups attached to an aromatic ring is 1. The highest BCUT2D eigenvalue weighted by Crippen LogP contribution is 2.29. The summed E-state index contributed by atoms with van der Waals surface area (Å²) in [4.78, 5) is 23.5. The number of aromatic nitrogens is 2. The summed E-state index contributed by atoms with van der Waals surface area (Å²) in [6.07, 6.45) is 7.80. The van der Waals surface area contributed by atoms with E-state index in [1.165, 1.54) is 31.0 Å². The van der Waals surface area contributed by atoms with Crippen molar-refractivity contribution in [3.05, 3.63) is 66.1 Å². The van der Waals surface area contributed by atoms with E-state index in [-0.39, 0.29) is 22.6 Å². The second-order valence-electron chi connectivity index (χ2n) is 7.48. The quantitative estimate of drug-likeness (QED) is 0.639. The fraction of sp³-hybridized carbons (Fsp3) is 0.261. The smallest absolute Gasteiger partial charge is 0.276 e. The lowest BCUT2D eigenvalue weighted by atomic mass is 10.1. The zero-order valence-electron chi connectivity index (χ0n) is 16.9. The third-order valence-corrected chi connectivity index (χ3v) is 5.35. The molecule has 4 rings (SSSR count). The molecule has 1 aliphatic rings. The number of amides is 1. The Morgan fingerprint density at radius 2 is 1.71 bits per heavy atom. The van der Waals surface area contributed by atoms with E-state index in [2.05, 4.69) is 20.2 Å². The summed E-state index contributed by atoms with van der Waals surface area (Å²) in [6.45, 7) is 1.80. The van der Waals surface area contributed by atoms with Crippen LogP contribution < -0.4 is 16.0 Å². The number of hydrogen-bond acceptors (Lipinski definition) is 5. The summed E-state index contributed by atoms with van der Waals surface area (Å²) < 4.78 is 28.4. The molecule has 160 valence electrons. The van der Waals surface area contributed by atoms with E-state index in [1.807, 2.05) is 6.07 Å². The van der Waals surface area contributed by atoms with Crippen LogP contribution in [0.5, 0.6) is 0 Å². The van der Waals surface area contributed by atoms with Crippen LogP contribution >= 0.6 is 0 Å². The van der Waals surface area contributed by atoms with Gasteiger partial charge in [-0.1, -0.05) is 18.9 Å². The Morgan fingerprint density at radius 1 is 1.00 bits per heavy atom. The van der Waals surface area contributed by atoms with Gasteiger partial charge in [0.1, 0.15) is 11.6 Å². The van der Waals surface area contributed by atoms with Crippen molar-refractivity contribution in [1.29, 1.82) is 0 Å².